The third kappa shape index (κ3) is 5.33. The SMILES string of the molecule is COc1ccc2c(c1)[C@@H](NC(=O)CN(C)S(=O)(=O)c1ccc(OC)c(OC)c1)CC(C)(C)O2. The van der Waals surface area contributed by atoms with E-state index in [4.69, 9.17) is 18.9 Å². The number of sulfonamides is 1. The summed E-state index contributed by atoms with van der Waals surface area (Å²) in [6.07, 6.45) is 0.519. The van der Waals surface area contributed by atoms with Crippen molar-refractivity contribution in [3.05, 3.63) is 42.0 Å². The molecule has 0 bridgehead atoms. The lowest BCUT2D eigenvalue weighted by atomic mass is 9.89. The van der Waals surface area contributed by atoms with Crippen molar-refractivity contribution < 1.29 is 32.2 Å². The Kier molecular flexibility index (Phi) is 7.08. The van der Waals surface area contributed by atoms with E-state index in [0.717, 1.165) is 9.87 Å². The molecule has 1 heterocycles. The number of hydrogen-bond donors (Lipinski definition) is 1. The molecule has 33 heavy (non-hydrogen) atoms. The molecule has 180 valence electrons. The second kappa shape index (κ2) is 9.48. The van der Waals surface area contributed by atoms with Gasteiger partial charge in [-0.3, -0.25) is 4.79 Å². The number of nitrogens with zero attached hydrogens (tertiary/aromatic N) is 1. The molecular weight excluding hydrogens is 448 g/mol. The van der Waals surface area contributed by atoms with Gasteiger partial charge in [0.1, 0.15) is 17.1 Å². The minimum Gasteiger partial charge on any atom is -0.497 e. The molecule has 0 radical (unpaired) electrons. The molecule has 1 aliphatic rings. The number of nitrogens with one attached hydrogen (secondary N) is 1. The van der Waals surface area contributed by atoms with Crippen LogP contribution in [0.25, 0.3) is 0 Å². The van der Waals surface area contributed by atoms with Crippen molar-refractivity contribution in [3.8, 4) is 23.0 Å². The summed E-state index contributed by atoms with van der Waals surface area (Å²) in [6.45, 7) is 3.52. The second-order valence-corrected chi connectivity index (χ2v) is 10.4. The van der Waals surface area contributed by atoms with E-state index in [9.17, 15) is 13.2 Å². The van der Waals surface area contributed by atoms with Crippen molar-refractivity contribution in [2.45, 2.75) is 36.8 Å². The maximum atomic E-state index is 13.0. The smallest absolute Gasteiger partial charge is 0.243 e. The maximum absolute atomic E-state index is 13.0. The van der Waals surface area contributed by atoms with Crippen LogP contribution in [0.3, 0.4) is 0 Å². The molecule has 0 saturated heterocycles. The average molecular weight is 479 g/mol. The predicted molar refractivity (Wildman–Crippen MR) is 123 cm³/mol. The molecule has 3 rings (SSSR count). The molecule has 2 aromatic rings. The third-order valence-corrected chi connectivity index (χ3v) is 7.24. The highest BCUT2D eigenvalue weighted by atomic mass is 32.2. The number of ether oxygens (including phenoxy) is 4. The quantitative estimate of drug-likeness (QED) is 0.622. The summed E-state index contributed by atoms with van der Waals surface area (Å²) in [7, 11) is 1.88. The standard InChI is InChI=1S/C23H30N2O7S/c1-23(2)13-18(17-11-15(29-4)7-9-19(17)32-23)24-22(26)14-25(3)33(27,28)16-8-10-20(30-5)21(12-16)31-6/h7-12,18H,13-14H2,1-6H3,(H,24,26)/t18-/m0/s1. The van der Waals surface area contributed by atoms with Gasteiger partial charge in [0.05, 0.1) is 38.8 Å². The van der Waals surface area contributed by atoms with Gasteiger partial charge in [0.25, 0.3) is 0 Å². The second-order valence-electron chi connectivity index (χ2n) is 8.37. The molecule has 0 saturated carbocycles. The van der Waals surface area contributed by atoms with Gasteiger partial charge < -0.3 is 24.3 Å². The zero-order valence-electron chi connectivity index (χ0n) is 19.7. The summed E-state index contributed by atoms with van der Waals surface area (Å²) < 4.78 is 48.7. The van der Waals surface area contributed by atoms with Crippen molar-refractivity contribution in [2.24, 2.45) is 0 Å². The summed E-state index contributed by atoms with van der Waals surface area (Å²) in [5.41, 5.74) is 0.282. The van der Waals surface area contributed by atoms with Gasteiger partial charge in [0.2, 0.25) is 15.9 Å². The van der Waals surface area contributed by atoms with Crippen LogP contribution in [0.1, 0.15) is 31.9 Å². The summed E-state index contributed by atoms with van der Waals surface area (Å²) in [4.78, 5) is 12.9. The lowest BCUT2D eigenvalue weighted by molar-refractivity contribution is -0.122. The van der Waals surface area contributed by atoms with Crippen LogP contribution in [0.4, 0.5) is 0 Å². The molecule has 0 spiro atoms. The molecule has 9 nitrogen and oxygen atoms in total. The maximum Gasteiger partial charge on any atom is 0.243 e. The van der Waals surface area contributed by atoms with Crippen molar-refractivity contribution in [2.75, 3.05) is 34.9 Å². The molecule has 1 aliphatic heterocycles. The van der Waals surface area contributed by atoms with Gasteiger partial charge >= 0.3 is 0 Å². The topological polar surface area (TPSA) is 103 Å². The van der Waals surface area contributed by atoms with Crippen LogP contribution in [0.2, 0.25) is 0 Å². The van der Waals surface area contributed by atoms with Gasteiger partial charge in [-0.05, 0) is 44.2 Å². The highest BCUT2D eigenvalue weighted by Crippen LogP contribution is 2.41. The van der Waals surface area contributed by atoms with Gasteiger partial charge in [-0.1, -0.05) is 0 Å². The van der Waals surface area contributed by atoms with Gasteiger partial charge in [0.15, 0.2) is 11.5 Å². The normalized spacial score (nSPS) is 17.0. The number of benzene rings is 2. The molecular formula is C23H30N2O7S. The first kappa shape index (κ1) is 24.7. The zero-order valence-corrected chi connectivity index (χ0v) is 20.5. The molecule has 10 heteroatoms. The lowest BCUT2D eigenvalue weighted by Crippen LogP contribution is -2.44. The first-order valence-electron chi connectivity index (χ1n) is 10.4. The number of rotatable bonds is 8. The Balaban J connectivity index is 1.78. The van der Waals surface area contributed by atoms with Crippen LogP contribution in [0.15, 0.2) is 41.3 Å². The molecule has 1 amide bonds. The van der Waals surface area contributed by atoms with Gasteiger partial charge in [0, 0.05) is 25.1 Å². The van der Waals surface area contributed by atoms with Gasteiger partial charge in [-0.15, -0.1) is 0 Å². The van der Waals surface area contributed by atoms with Crippen LogP contribution in [0.5, 0.6) is 23.0 Å². The van der Waals surface area contributed by atoms with Crippen LogP contribution >= 0.6 is 0 Å². The Morgan fingerprint density at radius 3 is 2.42 bits per heavy atom. The Morgan fingerprint density at radius 2 is 1.79 bits per heavy atom. The molecule has 2 aromatic carbocycles. The summed E-state index contributed by atoms with van der Waals surface area (Å²) in [6, 6.07) is 9.35. The van der Waals surface area contributed by atoms with E-state index in [2.05, 4.69) is 5.32 Å². The van der Waals surface area contributed by atoms with Gasteiger partial charge in [-0.2, -0.15) is 4.31 Å². The first-order chi connectivity index (χ1) is 15.5. The molecule has 1 atom stereocenters. The van der Waals surface area contributed by atoms with E-state index in [1.54, 1.807) is 13.2 Å². The fraction of sp³-hybridized carbons (Fsp3) is 0.435. The van der Waals surface area contributed by atoms with E-state index in [-0.39, 0.29) is 23.2 Å². The summed E-state index contributed by atoms with van der Waals surface area (Å²) >= 11 is 0. The largest absolute Gasteiger partial charge is 0.497 e. The molecule has 0 aliphatic carbocycles. The van der Waals surface area contributed by atoms with Crippen LogP contribution < -0.4 is 24.3 Å². The number of carbonyl (C=O) groups is 1. The van der Waals surface area contributed by atoms with E-state index >= 15 is 0 Å². The van der Waals surface area contributed by atoms with Crippen LogP contribution in [-0.4, -0.2) is 59.2 Å². The Labute approximate surface area is 194 Å². The number of amides is 1. The third-order valence-electron chi connectivity index (χ3n) is 5.44. The summed E-state index contributed by atoms with van der Waals surface area (Å²) in [5, 5.41) is 2.95. The van der Waals surface area contributed by atoms with E-state index in [1.165, 1.54) is 39.5 Å². The Bertz CT molecular complexity index is 1130. The Morgan fingerprint density at radius 1 is 1.09 bits per heavy atom. The molecule has 0 fully saturated rings. The van der Waals surface area contributed by atoms with Crippen molar-refractivity contribution >= 4 is 15.9 Å². The zero-order chi connectivity index (χ0) is 24.4. The average Bonchev–Trinajstić information content (AvgIpc) is 2.77. The van der Waals surface area contributed by atoms with E-state index in [1.807, 2.05) is 26.0 Å². The number of hydrogen-bond acceptors (Lipinski definition) is 7. The molecule has 1 N–H and O–H groups in total. The van der Waals surface area contributed by atoms with Crippen LogP contribution in [0, 0.1) is 0 Å². The first-order valence-corrected chi connectivity index (χ1v) is 11.8. The van der Waals surface area contributed by atoms with E-state index < -0.39 is 21.5 Å². The Hall–Kier alpha value is -2.98. The fourth-order valence-corrected chi connectivity index (χ4v) is 4.92. The predicted octanol–water partition coefficient (Wildman–Crippen LogP) is 2.75. The number of likely N-dealkylation sites (N-methyl/N-ethyl adjacent to an activating group) is 1. The number of methoxy groups -OCH3 is 3. The summed E-state index contributed by atoms with van der Waals surface area (Å²) in [5.74, 6) is 1.56. The van der Waals surface area contributed by atoms with Crippen LogP contribution in [-0.2, 0) is 14.8 Å². The minimum absolute atomic E-state index is 0.00210. The lowest BCUT2D eigenvalue weighted by Gasteiger charge is -2.38. The molecule has 0 unspecified atom stereocenters. The molecule has 0 aromatic heterocycles. The van der Waals surface area contributed by atoms with Gasteiger partial charge in [-0.25, -0.2) is 8.42 Å². The van der Waals surface area contributed by atoms with Crippen molar-refractivity contribution in [1.29, 1.82) is 0 Å². The fourth-order valence-electron chi connectivity index (χ4n) is 3.77. The monoisotopic (exact) mass is 478 g/mol. The highest BCUT2D eigenvalue weighted by Gasteiger charge is 2.35. The highest BCUT2D eigenvalue weighted by molar-refractivity contribution is 7.89. The minimum atomic E-state index is -3.93. The number of fused-ring (bicyclic) bond motifs is 1. The number of carbonyl (C=O) groups excluding carboxylic acids is 1. The van der Waals surface area contributed by atoms with Crippen molar-refractivity contribution in [3.63, 3.8) is 0 Å². The van der Waals surface area contributed by atoms with E-state index in [0.29, 0.717) is 23.7 Å². The van der Waals surface area contributed by atoms with Crippen molar-refractivity contribution in [1.82, 2.24) is 9.62 Å².